The fourth-order valence-electron chi connectivity index (χ4n) is 2.00. The summed E-state index contributed by atoms with van der Waals surface area (Å²) in [6.07, 6.45) is 0.599. The van der Waals surface area contributed by atoms with Crippen molar-refractivity contribution in [3.63, 3.8) is 0 Å². The van der Waals surface area contributed by atoms with E-state index < -0.39 is 5.60 Å². The van der Waals surface area contributed by atoms with E-state index in [1.54, 1.807) is 7.11 Å². The molecule has 0 saturated carbocycles. The van der Waals surface area contributed by atoms with Crippen molar-refractivity contribution in [3.8, 4) is 0 Å². The van der Waals surface area contributed by atoms with Gasteiger partial charge in [-0.3, -0.25) is 4.68 Å². The predicted octanol–water partition coefficient (Wildman–Crippen LogP) is 0.741. The van der Waals surface area contributed by atoms with Crippen LogP contribution in [0.1, 0.15) is 25.2 Å². The molecule has 5 heteroatoms. The maximum absolute atomic E-state index is 10.4. The summed E-state index contributed by atoms with van der Waals surface area (Å²) in [6, 6.07) is 2.03. The molecule has 0 aliphatic heterocycles. The third-order valence-corrected chi connectivity index (χ3v) is 2.84. The molecule has 104 valence electrons. The summed E-state index contributed by atoms with van der Waals surface area (Å²) >= 11 is 0. The van der Waals surface area contributed by atoms with Gasteiger partial charge in [-0.15, -0.1) is 0 Å². The fourth-order valence-corrected chi connectivity index (χ4v) is 2.00. The first-order chi connectivity index (χ1) is 8.48. The molecule has 0 amide bonds. The topological polar surface area (TPSA) is 59.3 Å². The van der Waals surface area contributed by atoms with Crippen molar-refractivity contribution in [2.75, 3.05) is 26.8 Å². The van der Waals surface area contributed by atoms with E-state index in [4.69, 9.17) is 4.74 Å². The summed E-state index contributed by atoms with van der Waals surface area (Å²) < 4.78 is 6.90. The molecule has 0 aliphatic carbocycles. The van der Waals surface area contributed by atoms with E-state index in [9.17, 15) is 5.11 Å². The quantitative estimate of drug-likeness (QED) is 0.673. The van der Waals surface area contributed by atoms with Gasteiger partial charge in [-0.1, -0.05) is 0 Å². The number of nitrogens with zero attached hydrogens (tertiary/aromatic N) is 2. The van der Waals surface area contributed by atoms with Gasteiger partial charge >= 0.3 is 0 Å². The van der Waals surface area contributed by atoms with Crippen LogP contribution in [0.15, 0.2) is 6.07 Å². The highest BCUT2D eigenvalue weighted by atomic mass is 16.5. The normalized spacial score (nSPS) is 14.7. The number of aliphatic hydroxyl groups is 1. The van der Waals surface area contributed by atoms with E-state index in [2.05, 4.69) is 17.3 Å². The molecule has 1 heterocycles. The van der Waals surface area contributed by atoms with Crippen LogP contribution < -0.4 is 5.32 Å². The highest BCUT2D eigenvalue weighted by Crippen LogP contribution is 2.14. The summed E-state index contributed by atoms with van der Waals surface area (Å²) in [7, 11) is 1.67. The van der Waals surface area contributed by atoms with Crippen molar-refractivity contribution in [1.29, 1.82) is 0 Å². The maximum Gasteiger partial charge on any atom is 0.0798 e. The largest absolute Gasteiger partial charge is 0.388 e. The zero-order chi connectivity index (χ0) is 13.6. The molecule has 0 radical (unpaired) electrons. The Morgan fingerprint density at radius 1 is 1.56 bits per heavy atom. The summed E-state index contributed by atoms with van der Waals surface area (Å²) in [5, 5.41) is 17.9. The van der Waals surface area contributed by atoms with Gasteiger partial charge in [0.15, 0.2) is 0 Å². The first kappa shape index (κ1) is 15.1. The third kappa shape index (κ3) is 4.76. The Hall–Kier alpha value is -0.910. The molecule has 18 heavy (non-hydrogen) atoms. The zero-order valence-corrected chi connectivity index (χ0v) is 11.9. The van der Waals surface area contributed by atoms with E-state index in [1.165, 1.54) is 0 Å². The standard InChI is InChI=1S/C13H25N3O2/c1-5-16-12(8-11(2)15-16)9-13(3,17)10-14-6-7-18-4/h8,14,17H,5-7,9-10H2,1-4H3. The third-order valence-electron chi connectivity index (χ3n) is 2.84. The first-order valence-corrected chi connectivity index (χ1v) is 6.44. The number of rotatable bonds is 8. The number of nitrogens with one attached hydrogen (secondary N) is 1. The van der Waals surface area contributed by atoms with Gasteiger partial charge in [-0.25, -0.2) is 0 Å². The average Bonchev–Trinajstić information content (AvgIpc) is 2.64. The van der Waals surface area contributed by atoms with Crippen LogP contribution >= 0.6 is 0 Å². The minimum absolute atomic E-state index is 0.546. The van der Waals surface area contributed by atoms with Gasteiger partial charge in [0, 0.05) is 38.9 Å². The molecule has 1 aromatic rings. The van der Waals surface area contributed by atoms with Gasteiger partial charge in [0.05, 0.1) is 17.9 Å². The Balaban J connectivity index is 2.52. The lowest BCUT2D eigenvalue weighted by Crippen LogP contribution is -2.41. The minimum atomic E-state index is -0.771. The van der Waals surface area contributed by atoms with Gasteiger partial charge in [0.2, 0.25) is 0 Å². The Labute approximate surface area is 109 Å². The van der Waals surface area contributed by atoms with Gasteiger partial charge in [-0.2, -0.15) is 5.10 Å². The number of methoxy groups -OCH3 is 1. The van der Waals surface area contributed by atoms with Crippen LogP contribution in [0.5, 0.6) is 0 Å². The number of aryl methyl sites for hydroxylation is 2. The van der Waals surface area contributed by atoms with E-state index >= 15 is 0 Å². The van der Waals surface area contributed by atoms with E-state index in [0.29, 0.717) is 19.6 Å². The van der Waals surface area contributed by atoms with Crippen molar-refractivity contribution < 1.29 is 9.84 Å². The van der Waals surface area contributed by atoms with Crippen LogP contribution in [-0.4, -0.2) is 47.3 Å². The number of hydrogen-bond donors (Lipinski definition) is 2. The molecule has 5 nitrogen and oxygen atoms in total. The SMILES string of the molecule is CCn1nc(C)cc1CC(C)(O)CNCCOC. The smallest absolute Gasteiger partial charge is 0.0798 e. The summed E-state index contributed by atoms with van der Waals surface area (Å²) in [4.78, 5) is 0. The first-order valence-electron chi connectivity index (χ1n) is 6.44. The fraction of sp³-hybridized carbons (Fsp3) is 0.769. The highest BCUT2D eigenvalue weighted by Gasteiger charge is 2.22. The van der Waals surface area contributed by atoms with Crippen LogP contribution in [0.2, 0.25) is 0 Å². The lowest BCUT2D eigenvalue weighted by atomic mass is 10.00. The Morgan fingerprint density at radius 2 is 2.28 bits per heavy atom. The molecular formula is C13H25N3O2. The summed E-state index contributed by atoms with van der Waals surface area (Å²) in [5.74, 6) is 0. The second kappa shape index (κ2) is 6.87. The van der Waals surface area contributed by atoms with Crippen molar-refractivity contribution in [2.45, 2.75) is 39.3 Å². The second-order valence-electron chi connectivity index (χ2n) is 4.94. The molecular weight excluding hydrogens is 230 g/mol. The second-order valence-corrected chi connectivity index (χ2v) is 4.94. The molecule has 0 spiro atoms. The van der Waals surface area contributed by atoms with Crippen molar-refractivity contribution in [1.82, 2.24) is 15.1 Å². The lowest BCUT2D eigenvalue weighted by molar-refractivity contribution is 0.0561. The van der Waals surface area contributed by atoms with Crippen molar-refractivity contribution in [3.05, 3.63) is 17.5 Å². The van der Waals surface area contributed by atoms with Crippen LogP contribution in [0, 0.1) is 6.92 Å². The van der Waals surface area contributed by atoms with Gasteiger partial charge in [0.1, 0.15) is 0 Å². The van der Waals surface area contributed by atoms with Gasteiger partial charge in [-0.05, 0) is 26.8 Å². The monoisotopic (exact) mass is 255 g/mol. The van der Waals surface area contributed by atoms with Crippen LogP contribution in [0.25, 0.3) is 0 Å². The number of aromatic nitrogens is 2. The Morgan fingerprint density at radius 3 is 2.89 bits per heavy atom. The molecule has 0 saturated heterocycles. The average molecular weight is 255 g/mol. The maximum atomic E-state index is 10.4. The highest BCUT2D eigenvalue weighted by molar-refractivity contribution is 5.11. The van der Waals surface area contributed by atoms with Gasteiger partial charge < -0.3 is 15.2 Å². The van der Waals surface area contributed by atoms with Crippen LogP contribution in [0.4, 0.5) is 0 Å². The predicted molar refractivity (Wildman–Crippen MR) is 71.7 cm³/mol. The molecule has 2 N–H and O–H groups in total. The zero-order valence-electron chi connectivity index (χ0n) is 11.9. The van der Waals surface area contributed by atoms with Crippen LogP contribution in [-0.2, 0) is 17.7 Å². The Bertz CT molecular complexity index is 361. The van der Waals surface area contributed by atoms with Crippen molar-refractivity contribution >= 4 is 0 Å². The molecule has 1 aromatic heterocycles. The summed E-state index contributed by atoms with van der Waals surface area (Å²) in [6.45, 7) is 8.65. The van der Waals surface area contributed by atoms with E-state index in [-0.39, 0.29) is 0 Å². The molecule has 0 fully saturated rings. The van der Waals surface area contributed by atoms with Gasteiger partial charge in [0.25, 0.3) is 0 Å². The molecule has 1 rings (SSSR count). The van der Waals surface area contributed by atoms with E-state index in [1.807, 2.05) is 24.6 Å². The molecule has 0 aliphatic rings. The molecule has 0 aromatic carbocycles. The number of hydrogen-bond acceptors (Lipinski definition) is 4. The molecule has 0 bridgehead atoms. The number of ether oxygens (including phenoxy) is 1. The summed E-state index contributed by atoms with van der Waals surface area (Å²) in [5.41, 5.74) is 1.30. The lowest BCUT2D eigenvalue weighted by Gasteiger charge is -2.24. The molecule has 1 atom stereocenters. The minimum Gasteiger partial charge on any atom is -0.388 e. The molecule has 1 unspecified atom stereocenters. The van der Waals surface area contributed by atoms with E-state index in [0.717, 1.165) is 24.5 Å². The van der Waals surface area contributed by atoms with Crippen molar-refractivity contribution in [2.24, 2.45) is 0 Å². The van der Waals surface area contributed by atoms with Crippen LogP contribution in [0.3, 0.4) is 0 Å². The Kier molecular flexibility index (Phi) is 5.78.